The summed E-state index contributed by atoms with van der Waals surface area (Å²) in [5.41, 5.74) is 6.11. The number of carbonyl (C=O) groups excluding carboxylic acids is 1. The number of halogens is 1. The number of hydrogen-bond donors (Lipinski definition) is 3. The van der Waals surface area contributed by atoms with Crippen molar-refractivity contribution < 1.29 is 13.2 Å². The van der Waals surface area contributed by atoms with Crippen molar-refractivity contribution in [3.63, 3.8) is 0 Å². The van der Waals surface area contributed by atoms with Crippen LogP contribution < -0.4 is 15.8 Å². The zero-order valence-corrected chi connectivity index (χ0v) is 12.7. The molecule has 1 rings (SSSR count). The molecule has 8 heteroatoms. The summed E-state index contributed by atoms with van der Waals surface area (Å²) in [5.74, 6) is -0.375. The summed E-state index contributed by atoms with van der Waals surface area (Å²) in [7, 11) is -3.76. The molecule has 112 valence electrons. The summed E-state index contributed by atoms with van der Waals surface area (Å²) in [6.07, 6.45) is 0.786. The highest BCUT2D eigenvalue weighted by Crippen LogP contribution is 2.20. The predicted octanol–water partition coefficient (Wildman–Crippen LogP) is 0.603. The minimum Gasteiger partial charge on any atom is -0.355 e. The van der Waals surface area contributed by atoms with Crippen LogP contribution in [0.1, 0.15) is 18.9 Å². The predicted molar refractivity (Wildman–Crippen MR) is 77.8 cm³/mol. The van der Waals surface area contributed by atoms with Crippen LogP contribution in [0.25, 0.3) is 0 Å². The third-order valence-corrected chi connectivity index (χ3v) is 4.30. The molecule has 1 aromatic carbocycles. The van der Waals surface area contributed by atoms with Crippen LogP contribution in [0.5, 0.6) is 0 Å². The zero-order chi connectivity index (χ0) is 15.2. The van der Waals surface area contributed by atoms with E-state index in [0.29, 0.717) is 12.1 Å². The van der Waals surface area contributed by atoms with E-state index in [-0.39, 0.29) is 28.9 Å². The molecular formula is C12H18ClN3O3S. The normalized spacial score (nSPS) is 11.3. The molecule has 4 N–H and O–H groups in total. The molecule has 0 spiro atoms. The number of amides is 1. The molecule has 1 amide bonds. The van der Waals surface area contributed by atoms with Gasteiger partial charge in [0.15, 0.2) is 0 Å². The van der Waals surface area contributed by atoms with Gasteiger partial charge in [0.25, 0.3) is 0 Å². The van der Waals surface area contributed by atoms with E-state index < -0.39 is 10.0 Å². The second-order valence-electron chi connectivity index (χ2n) is 4.13. The van der Waals surface area contributed by atoms with Crippen LogP contribution >= 0.6 is 11.6 Å². The van der Waals surface area contributed by atoms with Gasteiger partial charge in [0.2, 0.25) is 15.9 Å². The van der Waals surface area contributed by atoms with Crippen molar-refractivity contribution in [3.8, 4) is 0 Å². The van der Waals surface area contributed by atoms with Gasteiger partial charge in [0.05, 0.1) is 11.4 Å². The van der Waals surface area contributed by atoms with Gasteiger partial charge in [0.1, 0.15) is 0 Å². The largest absolute Gasteiger partial charge is 0.355 e. The van der Waals surface area contributed by atoms with Gasteiger partial charge in [-0.25, -0.2) is 13.1 Å². The van der Waals surface area contributed by atoms with Gasteiger partial charge in [-0.1, -0.05) is 24.6 Å². The maximum atomic E-state index is 12.0. The molecule has 0 saturated carbocycles. The number of nitrogens with two attached hydrogens (primary N) is 1. The minimum absolute atomic E-state index is 0.00277. The summed E-state index contributed by atoms with van der Waals surface area (Å²) < 4.78 is 26.2. The fourth-order valence-corrected chi connectivity index (χ4v) is 2.76. The first kappa shape index (κ1) is 16.9. The van der Waals surface area contributed by atoms with E-state index in [2.05, 4.69) is 10.0 Å². The molecule has 6 nitrogen and oxygen atoms in total. The van der Waals surface area contributed by atoms with Crippen LogP contribution in [-0.4, -0.2) is 27.4 Å². The average Bonchev–Trinajstić information content (AvgIpc) is 2.42. The van der Waals surface area contributed by atoms with Gasteiger partial charge in [0, 0.05) is 18.1 Å². The first-order chi connectivity index (χ1) is 9.40. The Morgan fingerprint density at radius 1 is 1.40 bits per heavy atom. The van der Waals surface area contributed by atoms with Crippen LogP contribution in [-0.2, 0) is 21.4 Å². The SMILES string of the molecule is CCCNC(=O)CNS(=O)(=O)c1ccc(CN)c(Cl)c1. The van der Waals surface area contributed by atoms with E-state index in [1.807, 2.05) is 6.92 Å². The molecule has 1 aromatic rings. The molecule has 0 bridgehead atoms. The van der Waals surface area contributed by atoms with Gasteiger partial charge in [-0.2, -0.15) is 0 Å². The van der Waals surface area contributed by atoms with Crippen molar-refractivity contribution in [2.45, 2.75) is 24.8 Å². The van der Waals surface area contributed by atoms with Crippen molar-refractivity contribution in [2.24, 2.45) is 5.73 Å². The topological polar surface area (TPSA) is 101 Å². The Morgan fingerprint density at radius 3 is 2.65 bits per heavy atom. The summed E-state index contributed by atoms with van der Waals surface area (Å²) in [5, 5.41) is 2.86. The number of rotatable bonds is 7. The van der Waals surface area contributed by atoms with Gasteiger partial charge in [-0.05, 0) is 24.1 Å². The maximum Gasteiger partial charge on any atom is 0.241 e. The Labute approximate surface area is 123 Å². The Bertz CT molecular complexity index is 575. The van der Waals surface area contributed by atoms with E-state index in [1.165, 1.54) is 12.1 Å². The van der Waals surface area contributed by atoms with Gasteiger partial charge in [-0.15, -0.1) is 0 Å². The molecule has 0 saturated heterocycles. The van der Waals surface area contributed by atoms with Gasteiger partial charge in [-0.3, -0.25) is 4.79 Å². The van der Waals surface area contributed by atoms with Crippen LogP contribution in [0, 0.1) is 0 Å². The highest BCUT2D eigenvalue weighted by atomic mass is 35.5. The summed E-state index contributed by atoms with van der Waals surface area (Å²) in [6.45, 7) is 2.34. The average molecular weight is 320 g/mol. The lowest BCUT2D eigenvalue weighted by Gasteiger charge is -2.09. The molecule has 0 unspecified atom stereocenters. The smallest absolute Gasteiger partial charge is 0.241 e. The lowest BCUT2D eigenvalue weighted by molar-refractivity contribution is -0.119. The zero-order valence-electron chi connectivity index (χ0n) is 11.1. The molecule has 0 aliphatic carbocycles. The second kappa shape index (κ2) is 7.58. The van der Waals surface area contributed by atoms with Crippen molar-refractivity contribution in [1.29, 1.82) is 0 Å². The molecule has 0 aromatic heterocycles. The van der Waals surface area contributed by atoms with Crippen molar-refractivity contribution in [3.05, 3.63) is 28.8 Å². The maximum absolute atomic E-state index is 12.0. The van der Waals surface area contributed by atoms with Crippen LogP contribution in [0.3, 0.4) is 0 Å². The van der Waals surface area contributed by atoms with Gasteiger partial charge >= 0.3 is 0 Å². The van der Waals surface area contributed by atoms with Crippen molar-refractivity contribution in [1.82, 2.24) is 10.0 Å². The number of hydrogen-bond acceptors (Lipinski definition) is 4. The van der Waals surface area contributed by atoms with E-state index in [9.17, 15) is 13.2 Å². The summed E-state index contributed by atoms with van der Waals surface area (Å²) in [6, 6.07) is 4.27. The molecule has 0 aliphatic rings. The molecule has 0 radical (unpaired) electrons. The number of benzene rings is 1. The van der Waals surface area contributed by atoms with E-state index >= 15 is 0 Å². The highest BCUT2D eigenvalue weighted by Gasteiger charge is 2.16. The molecular weight excluding hydrogens is 302 g/mol. The summed E-state index contributed by atoms with van der Waals surface area (Å²) in [4.78, 5) is 11.4. The first-order valence-electron chi connectivity index (χ1n) is 6.15. The van der Waals surface area contributed by atoms with E-state index in [4.69, 9.17) is 17.3 Å². The highest BCUT2D eigenvalue weighted by molar-refractivity contribution is 7.89. The molecule has 20 heavy (non-hydrogen) atoms. The number of nitrogens with one attached hydrogen (secondary N) is 2. The van der Waals surface area contributed by atoms with E-state index in [0.717, 1.165) is 6.42 Å². The fourth-order valence-electron chi connectivity index (χ4n) is 1.43. The third kappa shape index (κ3) is 4.75. The summed E-state index contributed by atoms with van der Waals surface area (Å²) >= 11 is 5.92. The molecule has 0 atom stereocenters. The molecule has 0 aliphatic heterocycles. The fraction of sp³-hybridized carbons (Fsp3) is 0.417. The Balaban J connectivity index is 2.74. The molecule has 0 heterocycles. The van der Waals surface area contributed by atoms with Crippen LogP contribution in [0.2, 0.25) is 5.02 Å². The Morgan fingerprint density at radius 2 is 2.10 bits per heavy atom. The Kier molecular flexibility index (Phi) is 6.41. The minimum atomic E-state index is -3.76. The third-order valence-electron chi connectivity index (χ3n) is 2.55. The molecule has 0 fully saturated rings. The Hall–Kier alpha value is -1.15. The van der Waals surface area contributed by atoms with Gasteiger partial charge < -0.3 is 11.1 Å². The lowest BCUT2D eigenvalue weighted by Crippen LogP contribution is -2.37. The monoisotopic (exact) mass is 319 g/mol. The van der Waals surface area contributed by atoms with Crippen molar-refractivity contribution >= 4 is 27.5 Å². The van der Waals surface area contributed by atoms with Crippen molar-refractivity contribution in [2.75, 3.05) is 13.1 Å². The standard InChI is InChI=1S/C12H18ClN3O3S/c1-2-5-15-12(17)8-16-20(18,19)10-4-3-9(7-14)11(13)6-10/h3-4,6,16H,2,5,7-8,14H2,1H3,(H,15,17). The number of carbonyl (C=O) groups is 1. The quantitative estimate of drug-likeness (QED) is 0.685. The first-order valence-corrected chi connectivity index (χ1v) is 8.01. The number of sulfonamides is 1. The van der Waals surface area contributed by atoms with Crippen LogP contribution in [0.4, 0.5) is 0 Å². The lowest BCUT2D eigenvalue weighted by atomic mass is 10.2. The second-order valence-corrected chi connectivity index (χ2v) is 6.31. The van der Waals surface area contributed by atoms with Crippen LogP contribution in [0.15, 0.2) is 23.1 Å². The van der Waals surface area contributed by atoms with E-state index in [1.54, 1.807) is 6.07 Å².